The van der Waals surface area contributed by atoms with E-state index in [9.17, 15) is 27.3 Å². The summed E-state index contributed by atoms with van der Waals surface area (Å²) in [6, 6.07) is 21.2. The van der Waals surface area contributed by atoms with Gasteiger partial charge < -0.3 is 18.9 Å². The van der Waals surface area contributed by atoms with Gasteiger partial charge in [-0.25, -0.2) is 8.42 Å². The van der Waals surface area contributed by atoms with E-state index in [-0.39, 0.29) is 6.42 Å². The molecule has 1 aromatic heterocycles. The molecule has 7 nitrogen and oxygen atoms in total. The summed E-state index contributed by atoms with van der Waals surface area (Å²) in [7, 11) is -10.7. The summed E-state index contributed by atoms with van der Waals surface area (Å²) in [4.78, 5) is 24.0. The van der Waals surface area contributed by atoms with Crippen molar-refractivity contribution in [1.29, 1.82) is 0 Å². The Morgan fingerprint density at radius 3 is 1.93 bits per heavy atom. The van der Waals surface area contributed by atoms with Gasteiger partial charge in [-0.15, -0.1) is 0 Å². The lowest BCUT2D eigenvalue weighted by Crippen LogP contribution is -2.32. The van der Waals surface area contributed by atoms with E-state index < -0.39 is 29.1 Å². The molecule has 0 amide bonds. The summed E-state index contributed by atoms with van der Waals surface area (Å²) < 4.78 is 44.0. The van der Waals surface area contributed by atoms with E-state index in [1.54, 1.807) is 6.20 Å². The van der Waals surface area contributed by atoms with Crippen LogP contribution in [0.15, 0.2) is 72.9 Å². The minimum atomic E-state index is -5.50. The molecule has 0 saturated heterocycles. The Labute approximate surface area is 175 Å². The molecule has 0 N–H and O–H groups in total. The van der Waals surface area contributed by atoms with E-state index in [2.05, 4.69) is 4.98 Å². The maximum atomic E-state index is 11.0. The van der Waals surface area contributed by atoms with E-state index in [0.717, 1.165) is 27.9 Å². The van der Waals surface area contributed by atoms with E-state index in [1.807, 2.05) is 66.7 Å². The molecule has 0 aliphatic carbocycles. The Hall–Kier alpha value is -2.35. The molecule has 2 aromatic carbocycles. The van der Waals surface area contributed by atoms with Crippen molar-refractivity contribution in [2.24, 2.45) is 0 Å². The first kappa shape index (κ1) is 22.3. The summed E-state index contributed by atoms with van der Waals surface area (Å²) in [5, 5.41) is 0. The summed E-state index contributed by atoms with van der Waals surface area (Å²) in [5.41, 5.74) is 4.73. The fourth-order valence-electron chi connectivity index (χ4n) is 3.17. The van der Waals surface area contributed by atoms with Crippen molar-refractivity contribution in [2.75, 3.05) is 0 Å². The summed E-state index contributed by atoms with van der Waals surface area (Å²) in [5.74, 6) is 0. The molecule has 0 aliphatic rings. The van der Waals surface area contributed by atoms with Crippen LogP contribution < -0.4 is 9.79 Å². The van der Waals surface area contributed by atoms with E-state index in [4.69, 9.17) is 0 Å². The largest absolute Gasteiger partial charge is 0.810 e. The summed E-state index contributed by atoms with van der Waals surface area (Å²) in [6.07, 6.45) is 1.68. The molecule has 0 aliphatic heterocycles. The zero-order valence-corrected chi connectivity index (χ0v) is 17.6. The lowest BCUT2D eigenvalue weighted by atomic mass is 10.00. The summed E-state index contributed by atoms with van der Waals surface area (Å²) >= 11 is 0. The maximum absolute atomic E-state index is 11.0. The number of nitrogens with zero attached hydrogens (tertiary/aromatic N) is 1. The highest BCUT2D eigenvalue weighted by Crippen LogP contribution is 2.38. The second-order valence-electron chi connectivity index (χ2n) is 6.87. The predicted octanol–water partition coefficient (Wildman–Crippen LogP) is 2.52. The van der Waals surface area contributed by atoms with Gasteiger partial charge in [-0.2, -0.15) is 0 Å². The number of rotatable bonds is 8. The van der Waals surface area contributed by atoms with E-state index in [0.29, 0.717) is 6.42 Å². The molecule has 3 aromatic rings. The highest BCUT2D eigenvalue weighted by Gasteiger charge is 2.19. The van der Waals surface area contributed by atoms with Crippen molar-refractivity contribution in [3.8, 4) is 22.4 Å². The molecule has 1 heterocycles. The van der Waals surface area contributed by atoms with Crippen molar-refractivity contribution >= 4 is 17.7 Å². The molecule has 1 atom stereocenters. The van der Waals surface area contributed by atoms with Crippen molar-refractivity contribution in [3.63, 3.8) is 0 Å². The van der Waals surface area contributed by atoms with Gasteiger partial charge >= 0.3 is 0 Å². The van der Waals surface area contributed by atoms with Crippen LogP contribution in [0.3, 0.4) is 0 Å². The van der Waals surface area contributed by atoms with Crippen molar-refractivity contribution in [2.45, 2.75) is 24.3 Å². The number of hydrogen-bond donors (Lipinski definition) is 0. The van der Waals surface area contributed by atoms with Crippen LogP contribution in [0.5, 0.6) is 0 Å². The lowest BCUT2D eigenvalue weighted by Gasteiger charge is -2.39. The van der Waals surface area contributed by atoms with E-state index >= 15 is 0 Å². The number of hydrogen-bond acceptors (Lipinski definition) is 7. The molecule has 1 unspecified atom stereocenters. The van der Waals surface area contributed by atoms with Gasteiger partial charge in [0.2, 0.25) is 0 Å². The van der Waals surface area contributed by atoms with Crippen LogP contribution in [-0.4, -0.2) is 22.9 Å². The van der Waals surface area contributed by atoms with Gasteiger partial charge in [0.1, 0.15) is 10.1 Å². The van der Waals surface area contributed by atoms with Gasteiger partial charge in [0.05, 0.1) is 10.7 Å². The highest BCUT2D eigenvalue weighted by molar-refractivity contribution is 7.93. The molecule has 0 bridgehead atoms. The third kappa shape index (κ3) is 5.84. The molecule has 3 rings (SSSR count). The fourth-order valence-corrected chi connectivity index (χ4v) is 5.39. The van der Waals surface area contributed by atoms with Crippen LogP contribution >= 0.6 is 7.60 Å². The van der Waals surface area contributed by atoms with E-state index in [1.165, 1.54) is 0 Å². The molecule has 0 saturated carbocycles. The first-order valence-corrected chi connectivity index (χ1v) is 12.3. The number of pyridine rings is 1. The average molecular weight is 444 g/mol. The first-order chi connectivity index (χ1) is 14.1. The SMILES string of the molecule is O=P([O-])([O-])C(CCCc1ccc(-c2ccc(-c3ccccn3)cc2)cc1)S(=O)(=O)[O-]. The molecular formula is C21H19NO6PS-3. The molecule has 30 heavy (non-hydrogen) atoms. The summed E-state index contributed by atoms with van der Waals surface area (Å²) in [6.45, 7) is 0. The van der Waals surface area contributed by atoms with Crippen LogP contribution in [0.2, 0.25) is 0 Å². The van der Waals surface area contributed by atoms with Crippen LogP contribution in [0.1, 0.15) is 18.4 Å². The maximum Gasteiger partial charge on any atom is 0.102 e. The third-order valence-electron chi connectivity index (χ3n) is 4.74. The van der Waals surface area contributed by atoms with Crippen LogP contribution in [0.4, 0.5) is 0 Å². The zero-order chi connectivity index (χ0) is 21.8. The molecule has 0 fully saturated rings. The minimum Gasteiger partial charge on any atom is -0.810 e. The normalized spacial score (nSPS) is 13.2. The smallest absolute Gasteiger partial charge is 0.102 e. The van der Waals surface area contributed by atoms with Crippen LogP contribution in [0.25, 0.3) is 22.4 Å². The first-order valence-electron chi connectivity index (χ1n) is 9.22. The van der Waals surface area contributed by atoms with Crippen molar-refractivity contribution < 1.29 is 27.3 Å². The van der Waals surface area contributed by atoms with Gasteiger partial charge in [-0.1, -0.05) is 62.2 Å². The topological polar surface area (TPSA) is 133 Å². The Balaban J connectivity index is 1.63. The Morgan fingerprint density at radius 1 is 0.867 bits per heavy atom. The molecule has 158 valence electrons. The third-order valence-corrected chi connectivity index (χ3v) is 8.15. The van der Waals surface area contributed by atoms with Gasteiger partial charge in [-0.05, 0) is 48.1 Å². The lowest BCUT2D eigenvalue weighted by molar-refractivity contribution is -0.314. The molecule has 0 radical (unpaired) electrons. The monoisotopic (exact) mass is 444 g/mol. The molecule has 9 heteroatoms. The molecule has 0 spiro atoms. The fraction of sp³-hybridized carbons (Fsp3) is 0.190. The van der Waals surface area contributed by atoms with Gasteiger partial charge in [0.25, 0.3) is 0 Å². The van der Waals surface area contributed by atoms with Crippen LogP contribution in [-0.2, 0) is 21.1 Å². The Kier molecular flexibility index (Phi) is 6.85. The van der Waals surface area contributed by atoms with Crippen molar-refractivity contribution in [1.82, 2.24) is 4.98 Å². The van der Waals surface area contributed by atoms with Gasteiger partial charge in [0, 0.05) is 11.8 Å². The number of benzene rings is 2. The van der Waals surface area contributed by atoms with Gasteiger partial charge in [0.15, 0.2) is 0 Å². The second kappa shape index (κ2) is 9.20. The van der Waals surface area contributed by atoms with Crippen molar-refractivity contribution in [3.05, 3.63) is 78.5 Å². The zero-order valence-electron chi connectivity index (χ0n) is 15.9. The predicted molar refractivity (Wildman–Crippen MR) is 109 cm³/mol. The number of aromatic nitrogens is 1. The quantitative estimate of drug-likeness (QED) is 0.385. The second-order valence-corrected chi connectivity index (χ2v) is 10.5. The standard InChI is InChI=1S/C21H22NO6PS/c23-29(24,25)21(30(26,27)28)6-3-4-16-7-9-17(10-8-16)18-11-13-19(14-12-18)20-5-1-2-15-22-20/h1-2,5,7-15,21H,3-4,6H2,(H2,23,24,25)(H,26,27,28)/p-3. The highest BCUT2D eigenvalue weighted by atomic mass is 32.2. The Bertz CT molecular complexity index is 1130. The Morgan fingerprint density at radius 2 is 1.43 bits per heavy atom. The number of aryl methyl sites for hydroxylation is 1. The van der Waals surface area contributed by atoms with Gasteiger partial charge in [-0.3, -0.25) is 4.98 Å². The minimum absolute atomic E-state index is 0.0960. The molecular weight excluding hydrogens is 425 g/mol. The average Bonchev–Trinajstić information content (AvgIpc) is 2.71. The van der Waals surface area contributed by atoms with Crippen LogP contribution in [0, 0.1) is 0 Å².